The molecule has 0 radical (unpaired) electrons. The van der Waals surface area contributed by atoms with Gasteiger partial charge in [0.25, 0.3) is 0 Å². The Morgan fingerprint density at radius 1 is 1.29 bits per heavy atom. The van der Waals surface area contributed by atoms with Crippen molar-refractivity contribution in [2.75, 3.05) is 0 Å². The molecule has 1 aromatic heterocycles. The maximum absolute atomic E-state index is 9.91. The molecule has 4 heteroatoms. The van der Waals surface area contributed by atoms with E-state index < -0.39 is 0 Å². The van der Waals surface area contributed by atoms with Crippen LogP contribution in [0.4, 0.5) is 0 Å². The number of hydrogen-bond acceptors (Lipinski definition) is 1. The second-order valence-corrected chi connectivity index (χ2v) is 5.44. The monoisotopic (exact) mass is 271 g/mol. The minimum Gasteiger partial charge on any atom is -0.391 e. The predicted octanol–water partition coefficient (Wildman–Crippen LogP) is 3.97. The van der Waals surface area contributed by atoms with Crippen LogP contribution in [0.1, 0.15) is 13.8 Å². The highest BCUT2D eigenvalue weighted by molar-refractivity contribution is 6.38. The summed E-state index contributed by atoms with van der Waals surface area (Å²) in [5.74, 6) is 0.224. The van der Waals surface area contributed by atoms with Crippen LogP contribution in [0.3, 0.4) is 0 Å². The van der Waals surface area contributed by atoms with E-state index in [1.54, 1.807) is 6.07 Å². The van der Waals surface area contributed by atoms with Crippen molar-refractivity contribution in [3.8, 4) is 0 Å². The van der Waals surface area contributed by atoms with Crippen LogP contribution in [0, 0.1) is 5.92 Å². The van der Waals surface area contributed by atoms with Gasteiger partial charge in [-0.2, -0.15) is 0 Å². The highest BCUT2D eigenvalue weighted by Gasteiger charge is 2.12. The third-order valence-corrected chi connectivity index (χ3v) is 3.49. The molecule has 1 heterocycles. The fourth-order valence-corrected chi connectivity index (χ4v) is 2.34. The Balaban J connectivity index is 2.42. The summed E-state index contributed by atoms with van der Waals surface area (Å²) < 4.78 is 1.98. The summed E-state index contributed by atoms with van der Waals surface area (Å²) in [7, 11) is 0. The lowest BCUT2D eigenvalue weighted by Crippen LogP contribution is -2.21. The Morgan fingerprint density at radius 2 is 2.00 bits per heavy atom. The van der Waals surface area contributed by atoms with Gasteiger partial charge in [0.15, 0.2) is 0 Å². The van der Waals surface area contributed by atoms with Crippen molar-refractivity contribution in [2.45, 2.75) is 26.5 Å². The van der Waals surface area contributed by atoms with Gasteiger partial charge in [-0.05, 0) is 24.1 Å². The van der Waals surface area contributed by atoms with Crippen LogP contribution >= 0.6 is 23.2 Å². The largest absolute Gasteiger partial charge is 0.391 e. The van der Waals surface area contributed by atoms with Crippen LogP contribution in [0.25, 0.3) is 10.9 Å². The summed E-state index contributed by atoms with van der Waals surface area (Å²) in [6.45, 7) is 4.55. The summed E-state index contributed by atoms with van der Waals surface area (Å²) in [4.78, 5) is 0. The molecule has 0 spiro atoms. The van der Waals surface area contributed by atoms with Gasteiger partial charge in [-0.25, -0.2) is 0 Å². The molecule has 1 aromatic carbocycles. The van der Waals surface area contributed by atoms with Crippen molar-refractivity contribution in [3.05, 3.63) is 34.4 Å². The fourth-order valence-electron chi connectivity index (χ4n) is 1.79. The Morgan fingerprint density at radius 3 is 2.65 bits per heavy atom. The molecule has 0 saturated heterocycles. The van der Waals surface area contributed by atoms with Gasteiger partial charge in [0, 0.05) is 23.2 Å². The number of aromatic nitrogens is 1. The van der Waals surface area contributed by atoms with E-state index in [1.165, 1.54) is 0 Å². The number of rotatable bonds is 3. The second kappa shape index (κ2) is 4.89. The van der Waals surface area contributed by atoms with Gasteiger partial charge in [0.2, 0.25) is 0 Å². The van der Waals surface area contributed by atoms with E-state index in [1.807, 2.05) is 36.7 Å². The second-order valence-electron chi connectivity index (χ2n) is 4.60. The first-order valence-corrected chi connectivity index (χ1v) is 6.36. The number of aliphatic hydroxyl groups is 1. The average molecular weight is 272 g/mol. The minimum absolute atomic E-state index is 0.224. The van der Waals surface area contributed by atoms with Gasteiger partial charge in [-0.1, -0.05) is 37.0 Å². The van der Waals surface area contributed by atoms with Crippen LogP contribution in [0.2, 0.25) is 10.0 Å². The standard InChI is InChI=1S/C13H15Cl2NO/c1-8(2)13(17)7-16-4-3-10-11(15)5-9(14)6-12(10)16/h3-6,8,13,17H,7H2,1-2H3. The van der Waals surface area contributed by atoms with E-state index in [2.05, 4.69) is 0 Å². The normalized spacial score (nSPS) is 13.5. The molecule has 17 heavy (non-hydrogen) atoms. The quantitative estimate of drug-likeness (QED) is 0.898. The molecule has 0 aliphatic heterocycles. The van der Waals surface area contributed by atoms with Crippen molar-refractivity contribution in [2.24, 2.45) is 5.92 Å². The fraction of sp³-hybridized carbons (Fsp3) is 0.385. The molecular formula is C13H15Cl2NO. The lowest BCUT2D eigenvalue weighted by Gasteiger charge is -2.16. The molecule has 2 rings (SSSR count). The number of halogens is 2. The Hall–Kier alpha value is -0.700. The molecule has 0 aliphatic rings. The lowest BCUT2D eigenvalue weighted by atomic mass is 10.1. The first-order valence-electron chi connectivity index (χ1n) is 5.61. The van der Waals surface area contributed by atoms with Gasteiger partial charge in [-0.3, -0.25) is 0 Å². The van der Waals surface area contributed by atoms with Crippen molar-refractivity contribution in [3.63, 3.8) is 0 Å². The summed E-state index contributed by atoms with van der Waals surface area (Å²) in [5.41, 5.74) is 0.960. The molecule has 1 unspecified atom stereocenters. The lowest BCUT2D eigenvalue weighted by molar-refractivity contribution is 0.108. The van der Waals surface area contributed by atoms with E-state index in [4.69, 9.17) is 23.2 Å². The molecule has 92 valence electrons. The summed E-state index contributed by atoms with van der Waals surface area (Å²) in [6.07, 6.45) is 1.56. The third kappa shape index (κ3) is 2.59. The van der Waals surface area contributed by atoms with Crippen molar-refractivity contribution < 1.29 is 5.11 Å². The van der Waals surface area contributed by atoms with Crippen molar-refractivity contribution in [1.82, 2.24) is 4.57 Å². The van der Waals surface area contributed by atoms with Crippen LogP contribution in [-0.2, 0) is 6.54 Å². The summed E-state index contributed by atoms with van der Waals surface area (Å²) in [5, 5.41) is 12.1. The molecular weight excluding hydrogens is 257 g/mol. The number of fused-ring (bicyclic) bond motifs is 1. The number of benzene rings is 1. The molecule has 0 saturated carbocycles. The van der Waals surface area contributed by atoms with Crippen molar-refractivity contribution >= 4 is 34.1 Å². The Labute approximate surface area is 111 Å². The molecule has 2 nitrogen and oxygen atoms in total. The Bertz CT molecular complexity index is 533. The van der Waals surface area contributed by atoms with Crippen LogP contribution < -0.4 is 0 Å². The van der Waals surface area contributed by atoms with Crippen LogP contribution in [-0.4, -0.2) is 15.8 Å². The van der Waals surface area contributed by atoms with Crippen LogP contribution in [0.15, 0.2) is 24.4 Å². The van der Waals surface area contributed by atoms with E-state index in [0.717, 1.165) is 10.9 Å². The zero-order valence-electron chi connectivity index (χ0n) is 9.82. The Kier molecular flexibility index (Phi) is 3.67. The van der Waals surface area contributed by atoms with Crippen molar-refractivity contribution in [1.29, 1.82) is 0 Å². The van der Waals surface area contributed by atoms with E-state index in [9.17, 15) is 5.11 Å². The molecule has 2 aromatic rings. The smallest absolute Gasteiger partial charge is 0.0741 e. The summed E-state index contributed by atoms with van der Waals surface area (Å²) >= 11 is 12.1. The zero-order chi connectivity index (χ0) is 12.6. The van der Waals surface area contributed by atoms with Gasteiger partial charge in [0.1, 0.15) is 0 Å². The summed E-state index contributed by atoms with van der Waals surface area (Å²) in [6, 6.07) is 5.55. The molecule has 0 amide bonds. The first-order chi connectivity index (χ1) is 7.99. The van der Waals surface area contributed by atoms with Gasteiger partial charge in [-0.15, -0.1) is 0 Å². The average Bonchev–Trinajstić information content (AvgIpc) is 2.61. The topological polar surface area (TPSA) is 25.2 Å². The highest BCUT2D eigenvalue weighted by Crippen LogP contribution is 2.29. The number of aliphatic hydroxyl groups excluding tert-OH is 1. The third-order valence-electron chi connectivity index (χ3n) is 2.96. The molecule has 1 atom stereocenters. The zero-order valence-corrected chi connectivity index (χ0v) is 11.3. The number of hydrogen-bond donors (Lipinski definition) is 1. The van der Waals surface area contributed by atoms with Gasteiger partial charge in [0.05, 0.1) is 16.6 Å². The maximum Gasteiger partial charge on any atom is 0.0741 e. The van der Waals surface area contributed by atoms with Crippen LogP contribution in [0.5, 0.6) is 0 Å². The molecule has 0 fully saturated rings. The van der Waals surface area contributed by atoms with E-state index in [0.29, 0.717) is 16.6 Å². The maximum atomic E-state index is 9.91. The molecule has 0 bridgehead atoms. The first kappa shape index (κ1) is 12.7. The molecule has 0 aliphatic carbocycles. The minimum atomic E-state index is -0.372. The van der Waals surface area contributed by atoms with E-state index in [-0.39, 0.29) is 12.0 Å². The van der Waals surface area contributed by atoms with Gasteiger partial charge < -0.3 is 9.67 Å². The van der Waals surface area contributed by atoms with Gasteiger partial charge >= 0.3 is 0 Å². The predicted molar refractivity (Wildman–Crippen MR) is 72.8 cm³/mol. The number of nitrogens with zero attached hydrogens (tertiary/aromatic N) is 1. The van der Waals surface area contributed by atoms with E-state index >= 15 is 0 Å². The highest BCUT2D eigenvalue weighted by atomic mass is 35.5. The molecule has 1 N–H and O–H groups in total. The SMILES string of the molecule is CC(C)C(O)Cn1ccc2c(Cl)cc(Cl)cc21.